The van der Waals surface area contributed by atoms with Crippen LogP contribution in [-0.4, -0.2) is 48.8 Å². The number of nitrogens with zero attached hydrogens (tertiary/aromatic N) is 2. The largest absolute Gasteiger partial charge is 0.374 e. The van der Waals surface area contributed by atoms with E-state index in [0.29, 0.717) is 6.10 Å². The summed E-state index contributed by atoms with van der Waals surface area (Å²) in [5.41, 5.74) is 1.08. The fourth-order valence-corrected chi connectivity index (χ4v) is 2.24. The van der Waals surface area contributed by atoms with Gasteiger partial charge in [0.15, 0.2) is 0 Å². The molecule has 0 amide bonds. The van der Waals surface area contributed by atoms with Crippen LogP contribution < -0.4 is 5.32 Å². The Morgan fingerprint density at radius 2 is 2.44 bits per heavy atom. The van der Waals surface area contributed by atoms with E-state index in [4.69, 9.17) is 4.74 Å². The Bertz CT molecular complexity index is 344. The predicted octanol–water partition coefficient (Wildman–Crippen LogP) is 1.45. The molecule has 2 atom stereocenters. The highest BCUT2D eigenvalue weighted by molar-refractivity contribution is 5.07. The van der Waals surface area contributed by atoms with E-state index in [0.717, 1.165) is 38.5 Å². The Morgan fingerprint density at radius 1 is 1.56 bits per heavy atom. The number of aromatic nitrogens is 1. The third-order valence-electron chi connectivity index (χ3n) is 3.45. The Labute approximate surface area is 109 Å². The molecule has 1 unspecified atom stereocenters. The number of pyridine rings is 1. The number of ether oxygens (including phenoxy) is 1. The molecule has 0 saturated carbocycles. The maximum Gasteiger partial charge on any atom is 0.0826 e. The molecule has 1 aliphatic heterocycles. The Kier molecular flexibility index (Phi) is 5.11. The summed E-state index contributed by atoms with van der Waals surface area (Å²) >= 11 is 0. The minimum absolute atomic E-state index is 0.270. The van der Waals surface area contributed by atoms with Gasteiger partial charge < -0.3 is 10.1 Å². The van der Waals surface area contributed by atoms with E-state index in [1.165, 1.54) is 0 Å². The van der Waals surface area contributed by atoms with Crippen molar-refractivity contribution in [3.8, 4) is 0 Å². The molecule has 0 bridgehead atoms. The Morgan fingerprint density at radius 3 is 3.17 bits per heavy atom. The second-order valence-corrected chi connectivity index (χ2v) is 4.77. The summed E-state index contributed by atoms with van der Waals surface area (Å²) < 4.78 is 5.77. The van der Waals surface area contributed by atoms with Crippen molar-refractivity contribution in [3.63, 3.8) is 0 Å². The van der Waals surface area contributed by atoms with Gasteiger partial charge in [-0.25, -0.2) is 0 Å². The molecule has 4 nitrogen and oxygen atoms in total. The number of hydrogen-bond acceptors (Lipinski definition) is 4. The zero-order valence-corrected chi connectivity index (χ0v) is 11.3. The van der Waals surface area contributed by atoms with Crippen LogP contribution in [0.1, 0.15) is 25.6 Å². The van der Waals surface area contributed by atoms with Crippen LogP contribution in [-0.2, 0) is 4.74 Å². The molecule has 4 heteroatoms. The lowest BCUT2D eigenvalue weighted by molar-refractivity contribution is -0.0262. The van der Waals surface area contributed by atoms with Crippen molar-refractivity contribution in [2.24, 2.45) is 0 Å². The monoisotopic (exact) mass is 249 g/mol. The summed E-state index contributed by atoms with van der Waals surface area (Å²) in [7, 11) is 0. The van der Waals surface area contributed by atoms with Crippen LogP contribution in [0.2, 0.25) is 0 Å². The van der Waals surface area contributed by atoms with Crippen LogP contribution in [0.15, 0.2) is 24.4 Å². The summed E-state index contributed by atoms with van der Waals surface area (Å²) in [6, 6.07) is 6.29. The van der Waals surface area contributed by atoms with Crippen LogP contribution in [0.25, 0.3) is 0 Å². The van der Waals surface area contributed by atoms with Gasteiger partial charge in [0, 0.05) is 31.9 Å². The van der Waals surface area contributed by atoms with E-state index in [1.807, 2.05) is 18.3 Å². The number of morpholine rings is 1. The van der Waals surface area contributed by atoms with Crippen molar-refractivity contribution in [2.45, 2.75) is 26.0 Å². The van der Waals surface area contributed by atoms with E-state index >= 15 is 0 Å². The minimum Gasteiger partial charge on any atom is -0.374 e. The van der Waals surface area contributed by atoms with Crippen molar-refractivity contribution in [2.75, 3.05) is 32.8 Å². The van der Waals surface area contributed by atoms with Crippen LogP contribution in [0.4, 0.5) is 0 Å². The molecule has 1 aromatic rings. The van der Waals surface area contributed by atoms with Crippen LogP contribution in [0.3, 0.4) is 0 Å². The van der Waals surface area contributed by atoms with E-state index in [1.54, 1.807) is 0 Å². The van der Waals surface area contributed by atoms with Crippen molar-refractivity contribution < 1.29 is 4.74 Å². The van der Waals surface area contributed by atoms with Crippen LogP contribution in [0, 0.1) is 0 Å². The first-order valence-corrected chi connectivity index (χ1v) is 6.78. The fraction of sp³-hybridized carbons (Fsp3) is 0.643. The molecule has 0 radical (unpaired) electrons. The molecule has 1 aliphatic rings. The first kappa shape index (κ1) is 13.5. The van der Waals surface area contributed by atoms with Crippen molar-refractivity contribution in [1.29, 1.82) is 0 Å². The minimum atomic E-state index is 0.270. The van der Waals surface area contributed by atoms with Gasteiger partial charge in [0.1, 0.15) is 0 Å². The highest BCUT2D eigenvalue weighted by atomic mass is 16.5. The van der Waals surface area contributed by atoms with Crippen molar-refractivity contribution in [3.05, 3.63) is 30.1 Å². The summed E-state index contributed by atoms with van der Waals surface area (Å²) in [6.07, 6.45) is 2.13. The zero-order valence-electron chi connectivity index (χ0n) is 11.3. The maximum atomic E-state index is 5.77. The number of likely N-dealkylation sites (N-methyl/N-ethyl adjacent to an activating group) is 1. The lowest BCUT2D eigenvalue weighted by Crippen LogP contribution is -2.46. The molecule has 2 rings (SSSR count). The van der Waals surface area contributed by atoms with Gasteiger partial charge in [-0.3, -0.25) is 9.88 Å². The molecule has 0 aliphatic carbocycles. The number of nitrogens with one attached hydrogen (secondary N) is 1. The zero-order chi connectivity index (χ0) is 12.8. The van der Waals surface area contributed by atoms with Gasteiger partial charge in [0.05, 0.1) is 18.4 Å². The van der Waals surface area contributed by atoms with Crippen LogP contribution >= 0.6 is 0 Å². The first-order valence-electron chi connectivity index (χ1n) is 6.78. The van der Waals surface area contributed by atoms with Crippen molar-refractivity contribution in [1.82, 2.24) is 15.2 Å². The van der Waals surface area contributed by atoms with E-state index < -0.39 is 0 Å². The summed E-state index contributed by atoms with van der Waals surface area (Å²) in [5.74, 6) is 0. The summed E-state index contributed by atoms with van der Waals surface area (Å²) in [4.78, 5) is 6.79. The molecule has 1 saturated heterocycles. The van der Waals surface area contributed by atoms with E-state index in [2.05, 4.69) is 35.1 Å². The summed E-state index contributed by atoms with van der Waals surface area (Å²) in [6.45, 7) is 9.26. The maximum absolute atomic E-state index is 5.77. The quantitative estimate of drug-likeness (QED) is 0.857. The fourth-order valence-electron chi connectivity index (χ4n) is 2.24. The lowest BCUT2D eigenvalue weighted by atomic mass is 10.2. The van der Waals surface area contributed by atoms with Gasteiger partial charge in [-0.15, -0.1) is 0 Å². The third-order valence-corrected chi connectivity index (χ3v) is 3.45. The number of rotatable bonds is 5. The highest BCUT2D eigenvalue weighted by Crippen LogP contribution is 2.09. The van der Waals surface area contributed by atoms with Gasteiger partial charge >= 0.3 is 0 Å². The molecule has 2 heterocycles. The van der Waals surface area contributed by atoms with Crippen molar-refractivity contribution >= 4 is 0 Å². The third kappa shape index (κ3) is 3.77. The molecular formula is C14H23N3O. The molecular weight excluding hydrogens is 226 g/mol. The SMILES string of the molecule is CCN1CCOC(CN[C@@H](C)c2ccccn2)C1. The lowest BCUT2D eigenvalue weighted by Gasteiger charge is -2.32. The van der Waals surface area contributed by atoms with E-state index in [-0.39, 0.29) is 6.04 Å². The molecule has 18 heavy (non-hydrogen) atoms. The van der Waals surface area contributed by atoms with Gasteiger partial charge in [0.2, 0.25) is 0 Å². The second kappa shape index (κ2) is 6.83. The molecule has 0 aromatic carbocycles. The topological polar surface area (TPSA) is 37.4 Å². The van der Waals surface area contributed by atoms with Gasteiger partial charge in [-0.05, 0) is 25.6 Å². The van der Waals surface area contributed by atoms with Gasteiger partial charge in [-0.2, -0.15) is 0 Å². The summed E-state index contributed by atoms with van der Waals surface area (Å²) in [5, 5.41) is 3.50. The molecule has 1 fully saturated rings. The Hall–Kier alpha value is -0.970. The second-order valence-electron chi connectivity index (χ2n) is 4.77. The Balaban J connectivity index is 1.77. The predicted molar refractivity (Wildman–Crippen MR) is 72.5 cm³/mol. The number of hydrogen-bond donors (Lipinski definition) is 1. The van der Waals surface area contributed by atoms with Gasteiger partial charge in [-0.1, -0.05) is 13.0 Å². The van der Waals surface area contributed by atoms with Gasteiger partial charge in [0.25, 0.3) is 0 Å². The molecule has 0 spiro atoms. The van der Waals surface area contributed by atoms with Crippen LogP contribution in [0.5, 0.6) is 0 Å². The molecule has 1 aromatic heterocycles. The van der Waals surface area contributed by atoms with E-state index in [9.17, 15) is 0 Å². The standard InChI is InChI=1S/C14H23N3O/c1-3-17-8-9-18-13(11-17)10-16-12(2)14-6-4-5-7-15-14/h4-7,12-13,16H,3,8-11H2,1-2H3/t12-,13?/m0/s1. The highest BCUT2D eigenvalue weighted by Gasteiger charge is 2.19. The average molecular weight is 249 g/mol. The smallest absolute Gasteiger partial charge is 0.0826 e. The molecule has 100 valence electrons. The first-order chi connectivity index (χ1) is 8.79. The normalized spacial score (nSPS) is 22.9. The molecule has 1 N–H and O–H groups in total. The average Bonchev–Trinajstić information content (AvgIpc) is 2.46.